The molecule has 106 valence electrons. The lowest BCUT2D eigenvalue weighted by Gasteiger charge is -2.28. The van der Waals surface area contributed by atoms with E-state index in [2.05, 4.69) is 9.47 Å². The van der Waals surface area contributed by atoms with Crippen LogP contribution in [0.25, 0.3) is 0 Å². The maximum absolute atomic E-state index is 11.3. The molecule has 0 radical (unpaired) electrons. The molecule has 0 aromatic rings. The molecule has 0 heterocycles. The van der Waals surface area contributed by atoms with Gasteiger partial charge in [0.2, 0.25) is 0 Å². The van der Waals surface area contributed by atoms with Crippen LogP contribution in [-0.2, 0) is 19.1 Å². The Morgan fingerprint density at radius 2 is 1.11 bits per heavy atom. The minimum atomic E-state index is -0.231. The Labute approximate surface area is 117 Å². The average Bonchev–Trinajstić information content (AvgIpc) is 2.25. The zero-order valence-corrected chi connectivity index (χ0v) is 13.5. The van der Waals surface area contributed by atoms with E-state index in [1.165, 1.54) is 14.2 Å². The summed E-state index contributed by atoms with van der Waals surface area (Å²) in [6.07, 6.45) is 0.685. The van der Waals surface area contributed by atoms with E-state index in [-0.39, 0.29) is 21.4 Å². The molecule has 0 aromatic carbocycles. The molecule has 0 aliphatic rings. The molecule has 0 unspecified atom stereocenters. The number of methoxy groups -OCH3 is 2. The Balaban J connectivity index is 4.28. The predicted octanol–water partition coefficient (Wildman–Crippen LogP) is 3.05. The highest BCUT2D eigenvalue weighted by molar-refractivity contribution is 8.77. The van der Waals surface area contributed by atoms with E-state index >= 15 is 0 Å². The first kappa shape index (κ1) is 17.6. The van der Waals surface area contributed by atoms with Crippen molar-refractivity contribution in [2.45, 2.75) is 50.0 Å². The summed E-state index contributed by atoms with van der Waals surface area (Å²) in [5.74, 6) is -0.447. The smallest absolute Gasteiger partial charge is 0.306 e. The fraction of sp³-hybridized carbons (Fsp3) is 0.833. The summed E-state index contributed by atoms with van der Waals surface area (Å²) in [6.45, 7) is 7.93. The zero-order valence-electron chi connectivity index (χ0n) is 11.9. The molecule has 0 N–H and O–H groups in total. The van der Waals surface area contributed by atoms with Crippen LogP contribution in [0.15, 0.2) is 0 Å². The normalized spacial score (nSPS) is 12.1. The first-order valence-electron chi connectivity index (χ1n) is 5.62. The van der Waals surface area contributed by atoms with Crippen molar-refractivity contribution in [2.75, 3.05) is 14.2 Å². The van der Waals surface area contributed by atoms with Crippen LogP contribution < -0.4 is 0 Å². The summed E-state index contributed by atoms with van der Waals surface area (Å²) in [6, 6.07) is 0. The van der Waals surface area contributed by atoms with Crippen molar-refractivity contribution in [1.29, 1.82) is 0 Å². The molecule has 4 nitrogen and oxygen atoms in total. The van der Waals surface area contributed by atoms with Crippen molar-refractivity contribution in [3.63, 3.8) is 0 Å². The number of rotatable bonds is 7. The number of carbonyl (C=O) groups excluding carboxylic acids is 2. The van der Waals surface area contributed by atoms with Gasteiger partial charge in [-0.3, -0.25) is 9.59 Å². The predicted molar refractivity (Wildman–Crippen MR) is 76.6 cm³/mol. The minimum Gasteiger partial charge on any atom is -0.469 e. The molecule has 0 rings (SSSR count). The van der Waals surface area contributed by atoms with Gasteiger partial charge in [-0.1, -0.05) is 21.6 Å². The van der Waals surface area contributed by atoms with Crippen molar-refractivity contribution < 1.29 is 19.1 Å². The summed E-state index contributed by atoms with van der Waals surface area (Å²) in [7, 11) is 5.95. The largest absolute Gasteiger partial charge is 0.469 e. The number of esters is 2. The Bertz CT molecular complexity index is 270. The van der Waals surface area contributed by atoms with E-state index in [1.54, 1.807) is 21.6 Å². The van der Waals surface area contributed by atoms with Crippen molar-refractivity contribution in [1.82, 2.24) is 0 Å². The van der Waals surface area contributed by atoms with Crippen LogP contribution in [0, 0.1) is 0 Å². The Hall–Kier alpha value is -0.360. The number of hydrogen-bond donors (Lipinski definition) is 0. The lowest BCUT2D eigenvalue weighted by Crippen LogP contribution is -2.24. The molecule has 6 heteroatoms. The molecule has 0 aliphatic carbocycles. The quantitative estimate of drug-likeness (QED) is 0.531. The molecule has 0 aliphatic heterocycles. The maximum Gasteiger partial charge on any atom is 0.306 e. The van der Waals surface area contributed by atoms with Gasteiger partial charge in [-0.2, -0.15) is 0 Å². The molecule has 0 aromatic heterocycles. The molecule has 0 amide bonds. The second-order valence-electron chi connectivity index (χ2n) is 5.19. The molecule has 0 bridgehead atoms. The lowest BCUT2D eigenvalue weighted by molar-refractivity contribution is -0.142. The SMILES string of the molecule is COC(=O)CC(C)(C)SSC(C)(C)CC(=O)OC. The van der Waals surface area contributed by atoms with E-state index < -0.39 is 0 Å². The topological polar surface area (TPSA) is 52.6 Å². The van der Waals surface area contributed by atoms with Crippen LogP contribution >= 0.6 is 21.6 Å². The van der Waals surface area contributed by atoms with Crippen molar-refractivity contribution >= 4 is 33.5 Å². The number of carbonyl (C=O) groups is 2. The van der Waals surface area contributed by atoms with Crippen molar-refractivity contribution in [3.05, 3.63) is 0 Å². The van der Waals surface area contributed by atoms with Crippen LogP contribution in [0.4, 0.5) is 0 Å². The third-order valence-corrected chi connectivity index (χ3v) is 6.32. The standard InChI is InChI=1S/C12H22O4S2/c1-11(2,7-9(13)15-5)17-18-12(3,4)8-10(14)16-6/h7-8H2,1-6H3. The summed E-state index contributed by atoms with van der Waals surface area (Å²) < 4.78 is 8.87. The van der Waals surface area contributed by atoms with Crippen LogP contribution in [0.3, 0.4) is 0 Å². The van der Waals surface area contributed by atoms with Gasteiger partial charge in [0.25, 0.3) is 0 Å². The van der Waals surface area contributed by atoms with E-state index in [4.69, 9.17) is 0 Å². The minimum absolute atomic E-state index is 0.223. The fourth-order valence-electron chi connectivity index (χ4n) is 1.12. The molecule has 18 heavy (non-hydrogen) atoms. The van der Waals surface area contributed by atoms with Gasteiger partial charge in [0.1, 0.15) is 0 Å². The molecule has 0 saturated heterocycles. The summed E-state index contributed by atoms with van der Waals surface area (Å²) >= 11 is 0. The molecular formula is C12H22O4S2. The molecule has 0 spiro atoms. The van der Waals surface area contributed by atoms with E-state index in [1.807, 2.05) is 27.7 Å². The highest BCUT2D eigenvalue weighted by Crippen LogP contribution is 2.46. The second kappa shape index (κ2) is 7.28. The molecule has 0 saturated carbocycles. The second-order valence-corrected chi connectivity index (χ2v) is 8.74. The first-order chi connectivity index (χ1) is 8.12. The number of hydrogen-bond acceptors (Lipinski definition) is 6. The van der Waals surface area contributed by atoms with E-state index in [9.17, 15) is 9.59 Å². The van der Waals surface area contributed by atoms with Crippen LogP contribution in [0.1, 0.15) is 40.5 Å². The highest BCUT2D eigenvalue weighted by atomic mass is 33.1. The van der Waals surface area contributed by atoms with Gasteiger partial charge in [0.15, 0.2) is 0 Å². The average molecular weight is 294 g/mol. The first-order valence-corrected chi connectivity index (χ1v) is 7.77. The van der Waals surface area contributed by atoms with Crippen molar-refractivity contribution in [2.24, 2.45) is 0 Å². The van der Waals surface area contributed by atoms with Crippen LogP contribution in [0.5, 0.6) is 0 Å². The third-order valence-electron chi connectivity index (χ3n) is 2.09. The Morgan fingerprint density at radius 1 is 0.833 bits per heavy atom. The summed E-state index contributed by atoms with van der Waals surface area (Å²) in [5.41, 5.74) is 0. The van der Waals surface area contributed by atoms with Gasteiger partial charge in [0.05, 0.1) is 27.1 Å². The fourth-order valence-corrected chi connectivity index (χ4v) is 3.64. The highest BCUT2D eigenvalue weighted by Gasteiger charge is 2.30. The monoisotopic (exact) mass is 294 g/mol. The number of ether oxygens (including phenoxy) is 2. The Kier molecular flexibility index (Phi) is 7.14. The van der Waals surface area contributed by atoms with Crippen LogP contribution in [-0.4, -0.2) is 35.7 Å². The third kappa shape index (κ3) is 7.87. The molecular weight excluding hydrogens is 272 g/mol. The lowest BCUT2D eigenvalue weighted by atomic mass is 10.1. The van der Waals surface area contributed by atoms with Gasteiger partial charge >= 0.3 is 11.9 Å². The summed E-state index contributed by atoms with van der Waals surface area (Å²) in [4.78, 5) is 22.5. The van der Waals surface area contributed by atoms with E-state index in [0.717, 1.165) is 0 Å². The molecule has 0 atom stereocenters. The van der Waals surface area contributed by atoms with Gasteiger partial charge < -0.3 is 9.47 Å². The van der Waals surface area contributed by atoms with Gasteiger partial charge in [0, 0.05) is 9.49 Å². The van der Waals surface area contributed by atoms with Gasteiger partial charge in [-0.25, -0.2) is 0 Å². The zero-order chi connectivity index (χ0) is 14.4. The van der Waals surface area contributed by atoms with E-state index in [0.29, 0.717) is 12.8 Å². The molecule has 0 fully saturated rings. The van der Waals surface area contributed by atoms with Gasteiger partial charge in [-0.05, 0) is 27.7 Å². The maximum atomic E-state index is 11.3. The summed E-state index contributed by atoms with van der Waals surface area (Å²) in [5, 5.41) is 0. The van der Waals surface area contributed by atoms with Crippen LogP contribution in [0.2, 0.25) is 0 Å². The Morgan fingerprint density at radius 3 is 1.33 bits per heavy atom. The van der Waals surface area contributed by atoms with Gasteiger partial charge in [-0.15, -0.1) is 0 Å². The van der Waals surface area contributed by atoms with Crippen molar-refractivity contribution in [3.8, 4) is 0 Å².